The van der Waals surface area contributed by atoms with E-state index in [4.69, 9.17) is 10.5 Å². The third-order valence-corrected chi connectivity index (χ3v) is 3.44. The Morgan fingerprint density at radius 1 is 1.04 bits per heavy atom. The fourth-order valence-corrected chi connectivity index (χ4v) is 1.95. The number of hydrogen-bond acceptors (Lipinski definition) is 4. The molecule has 0 spiro atoms. The first kappa shape index (κ1) is 21.2. The molecule has 0 aliphatic rings. The van der Waals surface area contributed by atoms with Crippen molar-refractivity contribution < 1.29 is 19.1 Å². The van der Waals surface area contributed by atoms with E-state index >= 15 is 0 Å². The largest absolute Gasteiger partial charge is 0.444 e. The minimum absolute atomic E-state index is 0.122. The lowest BCUT2D eigenvalue weighted by molar-refractivity contribution is -0.130. The first-order valence-corrected chi connectivity index (χ1v) is 7.98. The number of ether oxygens (including phenoxy) is 1. The molecule has 3 atom stereocenters. The molecule has 0 heterocycles. The Labute approximate surface area is 138 Å². The highest BCUT2D eigenvalue weighted by molar-refractivity contribution is 5.91. The molecule has 0 aliphatic heterocycles. The number of amides is 3. The zero-order chi connectivity index (χ0) is 18.4. The topological polar surface area (TPSA) is 111 Å². The fourth-order valence-electron chi connectivity index (χ4n) is 1.95. The number of rotatable bonds is 7. The summed E-state index contributed by atoms with van der Waals surface area (Å²) in [4.78, 5) is 35.9. The molecule has 0 radical (unpaired) electrons. The summed E-state index contributed by atoms with van der Waals surface area (Å²) in [7, 11) is 0. The number of alkyl carbamates (subject to hydrolysis) is 1. The van der Waals surface area contributed by atoms with Crippen molar-refractivity contribution in [3.05, 3.63) is 0 Å². The zero-order valence-corrected chi connectivity index (χ0v) is 15.2. The van der Waals surface area contributed by atoms with Gasteiger partial charge in [0, 0.05) is 0 Å². The van der Waals surface area contributed by atoms with Gasteiger partial charge in [-0.2, -0.15) is 0 Å². The highest BCUT2D eigenvalue weighted by atomic mass is 16.6. The molecule has 7 nitrogen and oxygen atoms in total. The highest BCUT2D eigenvalue weighted by Gasteiger charge is 2.31. The summed E-state index contributed by atoms with van der Waals surface area (Å²) in [6.45, 7) is 12.6. The van der Waals surface area contributed by atoms with Crippen molar-refractivity contribution in [3.63, 3.8) is 0 Å². The lowest BCUT2D eigenvalue weighted by atomic mass is 9.97. The minimum atomic E-state index is -0.796. The predicted octanol–water partition coefficient (Wildman–Crippen LogP) is 1.55. The maximum atomic E-state index is 12.5. The molecule has 0 fully saturated rings. The summed E-state index contributed by atoms with van der Waals surface area (Å²) in [5.41, 5.74) is 4.66. The summed E-state index contributed by atoms with van der Waals surface area (Å²) >= 11 is 0. The lowest BCUT2D eigenvalue weighted by Gasteiger charge is -2.28. The van der Waals surface area contributed by atoms with Crippen LogP contribution in [0.15, 0.2) is 0 Å². The molecule has 23 heavy (non-hydrogen) atoms. The minimum Gasteiger partial charge on any atom is -0.444 e. The fraction of sp³-hybridized carbons (Fsp3) is 0.812. The summed E-state index contributed by atoms with van der Waals surface area (Å²) < 4.78 is 5.19. The van der Waals surface area contributed by atoms with Gasteiger partial charge in [-0.15, -0.1) is 0 Å². The molecule has 134 valence electrons. The lowest BCUT2D eigenvalue weighted by Crippen LogP contribution is -2.56. The Morgan fingerprint density at radius 3 is 1.91 bits per heavy atom. The highest BCUT2D eigenvalue weighted by Crippen LogP contribution is 2.12. The van der Waals surface area contributed by atoms with E-state index in [2.05, 4.69) is 10.6 Å². The van der Waals surface area contributed by atoms with E-state index in [0.29, 0.717) is 6.42 Å². The van der Waals surface area contributed by atoms with E-state index in [1.807, 2.05) is 13.8 Å². The summed E-state index contributed by atoms with van der Waals surface area (Å²) in [6, 6.07) is -1.58. The molecule has 7 heteroatoms. The number of hydrogen-bond donors (Lipinski definition) is 3. The average Bonchev–Trinajstić information content (AvgIpc) is 2.38. The van der Waals surface area contributed by atoms with Crippen LogP contribution in [0.4, 0.5) is 4.79 Å². The molecule has 0 unspecified atom stereocenters. The standard InChI is InChI=1S/C16H31N3O4/c1-8-10(4)12(19-15(22)23-16(5,6)7)14(21)18-11(9(2)3)13(17)20/h9-12H,8H2,1-7H3,(H2,17,20)(H,18,21)(H,19,22)/t10-,11-,12-/m0/s1. The smallest absolute Gasteiger partial charge is 0.408 e. The van der Waals surface area contributed by atoms with E-state index in [0.717, 1.165) is 0 Å². The van der Waals surface area contributed by atoms with Crippen LogP contribution in [0.3, 0.4) is 0 Å². The molecule has 0 aliphatic carbocycles. The van der Waals surface area contributed by atoms with Crippen molar-refractivity contribution in [2.45, 2.75) is 72.6 Å². The predicted molar refractivity (Wildman–Crippen MR) is 88.6 cm³/mol. The van der Waals surface area contributed by atoms with Crippen molar-refractivity contribution in [1.82, 2.24) is 10.6 Å². The molecule has 3 amide bonds. The quantitative estimate of drug-likeness (QED) is 0.658. The van der Waals surface area contributed by atoms with Gasteiger partial charge in [-0.25, -0.2) is 4.79 Å². The van der Waals surface area contributed by atoms with Crippen LogP contribution in [0.2, 0.25) is 0 Å². The third kappa shape index (κ3) is 7.85. The number of carbonyl (C=O) groups is 3. The normalized spacial score (nSPS) is 15.5. The Hall–Kier alpha value is -1.79. The van der Waals surface area contributed by atoms with Crippen LogP contribution < -0.4 is 16.4 Å². The van der Waals surface area contributed by atoms with Gasteiger partial charge in [-0.05, 0) is 32.6 Å². The first-order valence-electron chi connectivity index (χ1n) is 7.98. The SMILES string of the molecule is CC[C@H](C)[C@H](NC(=O)OC(C)(C)C)C(=O)N[C@H](C(N)=O)C(C)C. The Morgan fingerprint density at radius 2 is 1.57 bits per heavy atom. The molecule has 0 saturated heterocycles. The second kappa shape index (κ2) is 8.74. The van der Waals surface area contributed by atoms with Gasteiger partial charge in [0.25, 0.3) is 0 Å². The van der Waals surface area contributed by atoms with E-state index in [1.54, 1.807) is 34.6 Å². The Kier molecular flexibility index (Phi) is 8.06. The van der Waals surface area contributed by atoms with Crippen LogP contribution in [0.5, 0.6) is 0 Å². The Bertz CT molecular complexity index is 430. The maximum absolute atomic E-state index is 12.5. The van der Waals surface area contributed by atoms with Crippen molar-refractivity contribution >= 4 is 17.9 Å². The summed E-state index contributed by atoms with van der Waals surface area (Å²) in [5, 5.41) is 5.20. The Balaban J connectivity index is 5.06. The number of primary amides is 1. The molecule has 0 saturated carbocycles. The molecule has 0 aromatic heterocycles. The third-order valence-electron chi connectivity index (χ3n) is 3.44. The van der Waals surface area contributed by atoms with Crippen molar-refractivity contribution in [2.24, 2.45) is 17.6 Å². The van der Waals surface area contributed by atoms with Crippen molar-refractivity contribution in [3.8, 4) is 0 Å². The van der Waals surface area contributed by atoms with E-state index in [9.17, 15) is 14.4 Å². The van der Waals surface area contributed by atoms with Crippen LogP contribution in [0, 0.1) is 11.8 Å². The van der Waals surface area contributed by atoms with Gasteiger partial charge in [-0.3, -0.25) is 9.59 Å². The zero-order valence-electron chi connectivity index (χ0n) is 15.2. The van der Waals surface area contributed by atoms with Gasteiger partial charge in [0.2, 0.25) is 11.8 Å². The van der Waals surface area contributed by atoms with Gasteiger partial charge < -0.3 is 21.1 Å². The second-order valence-corrected chi connectivity index (χ2v) is 7.14. The molecular formula is C16H31N3O4. The molecule has 4 N–H and O–H groups in total. The van der Waals surface area contributed by atoms with Gasteiger partial charge >= 0.3 is 6.09 Å². The molecule has 0 aromatic rings. The van der Waals surface area contributed by atoms with E-state index in [-0.39, 0.29) is 11.8 Å². The van der Waals surface area contributed by atoms with Crippen molar-refractivity contribution in [1.29, 1.82) is 0 Å². The molecule has 0 rings (SSSR count). The average molecular weight is 329 g/mol. The first-order chi connectivity index (χ1) is 10.4. The summed E-state index contributed by atoms with van der Waals surface area (Å²) in [6.07, 6.45) is 0.00898. The van der Waals surface area contributed by atoms with Gasteiger partial charge in [0.15, 0.2) is 0 Å². The van der Waals surface area contributed by atoms with Gasteiger partial charge in [0.1, 0.15) is 17.7 Å². The number of nitrogens with one attached hydrogen (secondary N) is 2. The van der Waals surface area contributed by atoms with Crippen LogP contribution >= 0.6 is 0 Å². The van der Waals surface area contributed by atoms with Crippen LogP contribution in [0.25, 0.3) is 0 Å². The monoisotopic (exact) mass is 329 g/mol. The van der Waals surface area contributed by atoms with Crippen LogP contribution in [-0.2, 0) is 14.3 Å². The van der Waals surface area contributed by atoms with E-state index in [1.165, 1.54) is 0 Å². The molecule has 0 bridgehead atoms. The molecular weight excluding hydrogens is 298 g/mol. The summed E-state index contributed by atoms with van der Waals surface area (Å²) in [5.74, 6) is -1.31. The van der Waals surface area contributed by atoms with Crippen molar-refractivity contribution in [2.75, 3.05) is 0 Å². The van der Waals surface area contributed by atoms with Gasteiger partial charge in [-0.1, -0.05) is 34.1 Å². The van der Waals surface area contributed by atoms with Crippen LogP contribution in [0.1, 0.15) is 54.9 Å². The molecule has 0 aromatic carbocycles. The number of carbonyl (C=O) groups excluding carboxylic acids is 3. The van der Waals surface area contributed by atoms with Crippen LogP contribution in [-0.4, -0.2) is 35.6 Å². The number of nitrogens with two attached hydrogens (primary N) is 1. The van der Waals surface area contributed by atoms with E-state index < -0.39 is 35.6 Å². The van der Waals surface area contributed by atoms with Gasteiger partial charge in [0.05, 0.1) is 0 Å². The maximum Gasteiger partial charge on any atom is 0.408 e. The second-order valence-electron chi connectivity index (χ2n) is 7.14.